The first kappa shape index (κ1) is 15.7. The van der Waals surface area contributed by atoms with E-state index in [2.05, 4.69) is 0 Å². The molecule has 0 aromatic heterocycles. The fraction of sp³-hybridized carbons (Fsp3) is 0.364. The smallest absolute Gasteiger partial charge is 0.185 e. The molecule has 0 aliphatic carbocycles. The molecule has 0 aliphatic rings. The topological polar surface area (TPSA) is 57.5 Å². The molecule has 1 rings (SSSR count). The molecule has 7 heteroatoms. The molecule has 2 unspecified atom stereocenters. The molecule has 0 aliphatic heterocycles. The molecular weight excluding hydrogens is 302 g/mol. The van der Waals surface area contributed by atoms with E-state index in [1.165, 1.54) is 19.1 Å². The van der Waals surface area contributed by atoms with Crippen molar-refractivity contribution in [2.45, 2.75) is 19.1 Å². The molecule has 2 atom stereocenters. The monoisotopic (exact) mass is 312 g/mol. The first-order chi connectivity index (χ1) is 8.32. The molecule has 0 saturated carbocycles. The van der Waals surface area contributed by atoms with Crippen molar-refractivity contribution in [2.75, 3.05) is 5.75 Å². The van der Waals surface area contributed by atoms with Crippen LogP contribution < -0.4 is 0 Å². The summed E-state index contributed by atoms with van der Waals surface area (Å²) in [6.45, 7) is 1.36. The van der Waals surface area contributed by atoms with Gasteiger partial charge in [0.1, 0.15) is 6.10 Å². The van der Waals surface area contributed by atoms with Gasteiger partial charge in [0, 0.05) is 12.7 Å². The van der Waals surface area contributed by atoms with Crippen LogP contribution in [0.1, 0.15) is 18.6 Å². The van der Waals surface area contributed by atoms with E-state index in [1.807, 2.05) is 0 Å². The van der Waals surface area contributed by atoms with Crippen molar-refractivity contribution in [3.8, 4) is 0 Å². The second kappa shape index (κ2) is 6.73. The lowest BCUT2D eigenvalue weighted by Crippen LogP contribution is -2.21. The summed E-state index contributed by atoms with van der Waals surface area (Å²) in [4.78, 5) is 10.7. The van der Waals surface area contributed by atoms with Gasteiger partial charge in [0.2, 0.25) is 0 Å². The zero-order chi connectivity index (χ0) is 13.9. The molecule has 18 heavy (non-hydrogen) atoms. The molecule has 3 nitrogen and oxygen atoms in total. The predicted molar refractivity (Wildman–Crippen MR) is 70.5 cm³/mol. The van der Waals surface area contributed by atoms with E-state index < -0.39 is 18.0 Å². The van der Waals surface area contributed by atoms with Gasteiger partial charge in [-0.15, -0.1) is 0 Å². The highest BCUT2D eigenvalue weighted by molar-refractivity contribution is 8.13. The number of rotatable bonds is 4. The van der Waals surface area contributed by atoms with Crippen molar-refractivity contribution >= 4 is 40.1 Å². The van der Waals surface area contributed by atoms with E-state index in [0.29, 0.717) is 0 Å². The van der Waals surface area contributed by atoms with Gasteiger partial charge in [-0.2, -0.15) is 0 Å². The maximum Gasteiger partial charge on any atom is 0.185 e. The molecule has 1 aromatic carbocycles. The van der Waals surface area contributed by atoms with Gasteiger partial charge in [0.15, 0.2) is 10.9 Å². The fourth-order valence-electron chi connectivity index (χ4n) is 1.26. The summed E-state index contributed by atoms with van der Waals surface area (Å²) in [7, 11) is 0. The van der Waals surface area contributed by atoms with Crippen LogP contribution >= 0.6 is 35.0 Å². The first-order valence-corrected chi connectivity index (χ1v) is 6.71. The Morgan fingerprint density at radius 3 is 2.33 bits per heavy atom. The summed E-state index contributed by atoms with van der Waals surface area (Å²) in [5.74, 6) is -0.745. The van der Waals surface area contributed by atoms with E-state index in [9.17, 15) is 19.4 Å². The summed E-state index contributed by atoms with van der Waals surface area (Å²) in [6.07, 6.45) is -2.45. The largest absolute Gasteiger partial charge is 0.389 e. The maximum atomic E-state index is 13.2. The van der Waals surface area contributed by atoms with E-state index in [-0.39, 0.29) is 26.5 Å². The van der Waals surface area contributed by atoms with Crippen LogP contribution in [0.2, 0.25) is 10.0 Å². The van der Waals surface area contributed by atoms with Gasteiger partial charge in [0.05, 0.1) is 16.1 Å². The van der Waals surface area contributed by atoms with E-state index in [1.54, 1.807) is 0 Å². The lowest BCUT2D eigenvalue weighted by Gasteiger charge is -2.18. The van der Waals surface area contributed by atoms with E-state index in [4.69, 9.17) is 23.2 Å². The van der Waals surface area contributed by atoms with Gasteiger partial charge in [0.25, 0.3) is 0 Å². The quantitative estimate of drug-likeness (QED) is 0.839. The Labute approximate surface area is 118 Å². The van der Waals surface area contributed by atoms with Crippen molar-refractivity contribution in [1.82, 2.24) is 0 Å². The van der Waals surface area contributed by atoms with Crippen LogP contribution in [0.3, 0.4) is 0 Å². The zero-order valence-electron chi connectivity index (χ0n) is 9.36. The van der Waals surface area contributed by atoms with E-state index in [0.717, 1.165) is 11.8 Å². The molecule has 0 heterocycles. The number of hydrogen-bond donors (Lipinski definition) is 2. The van der Waals surface area contributed by atoms with Crippen molar-refractivity contribution in [2.24, 2.45) is 0 Å². The summed E-state index contributed by atoms with van der Waals surface area (Å²) < 4.78 is 13.2. The van der Waals surface area contributed by atoms with Gasteiger partial charge in [-0.3, -0.25) is 4.79 Å². The lowest BCUT2D eigenvalue weighted by molar-refractivity contribution is -0.109. The highest BCUT2D eigenvalue weighted by atomic mass is 35.5. The molecule has 1 aromatic rings. The number of benzene rings is 1. The molecule has 0 spiro atoms. The summed E-state index contributed by atoms with van der Waals surface area (Å²) in [5.41, 5.74) is 0.197. The minimum Gasteiger partial charge on any atom is -0.389 e. The summed E-state index contributed by atoms with van der Waals surface area (Å²) in [6, 6.07) is 2.38. The van der Waals surface area contributed by atoms with E-state index >= 15 is 0 Å². The lowest BCUT2D eigenvalue weighted by atomic mass is 10.1. The van der Waals surface area contributed by atoms with Crippen LogP contribution in [0.25, 0.3) is 0 Å². The summed E-state index contributed by atoms with van der Waals surface area (Å²) in [5, 5.41) is 18.9. The molecule has 2 N–H and O–H groups in total. The minimum atomic E-state index is -1.28. The average molecular weight is 313 g/mol. The number of aliphatic hydroxyl groups excluding tert-OH is 2. The van der Waals surface area contributed by atoms with Gasteiger partial charge in [-0.05, 0) is 17.7 Å². The fourth-order valence-corrected chi connectivity index (χ4v) is 2.35. The minimum absolute atomic E-state index is 0.0309. The number of carbonyl (C=O) groups excluding carboxylic acids is 1. The second-order valence-corrected chi connectivity index (χ2v) is 5.62. The van der Waals surface area contributed by atoms with Gasteiger partial charge in [-0.1, -0.05) is 35.0 Å². The van der Waals surface area contributed by atoms with Gasteiger partial charge >= 0.3 is 0 Å². The van der Waals surface area contributed by atoms with Gasteiger partial charge < -0.3 is 10.2 Å². The summed E-state index contributed by atoms with van der Waals surface area (Å²) >= 11 is 12.1. The Bertz CT molecular complexity index is 433. The number of thioether (sulfide) groups is 1. The Balaban J connectivity index is 2.83. The molecule has 0 bridgehead atoms. The predicted octanol–water partition coefficient (Wildman–Crippen LogP) is 2.81. The molecular formula is C11H11Cl2FO3S. The Hall–Kier alpha value is -0.330. The van der Waals surface area contributed by atoms with Gasteiger partial charge in [-0.25, -0.2) is 4.39 Å². The third-order valence-electron chi connectivity index (χ3n) is 2.17. The van der Waals surface area contributed by atoms with Crippen molar-refractivity contribution in [1.29, 1.82) is 0 Å². The third-order valence-corrected chi connectivity index (χ3v) is 3.63. The highest BCUT2D eigenvalue weighted by Crippen LogP contribution is 2.29. The normalized spacial score (nSPS) is 14.3. The SMILES string of the molecule is CC(=O)SCC(O)C(O)c1cc(Cl)c(F)c(Cl)c1. The highest BCUT2D eigenvalue weighted by Gasteiger charge is 2.21. The van der Waals surface area contributed by atoms with Crippen molar-refractivity contribution in [3.63, 3.8) is 0 Å². The first-order valence-electron chi connectivity index (χ1n) is 4.97. The van der Waals surface area contributed by atoms with Crippen LogP contribution in [-0.2, 0) is 4.79 Å². The number of hydrogen-bond acceptors (Lipinski definition) is 4. The molecule has 0 radical (unpaired) electrons. The molecule has 0 saturated heterocycles. The maximum absolute atomic E-state index is 13.2. The van der Waals surface area contributed by atoms with Crippen LogP contribution in [0, 0.1) is 5.82 Å². The van der Waals surface area contributed by atoms with Crippen molar-refractivity contribution in [3.05, 3.63) is 33.6 Å². The molecule has 0 amide bonds. The second-order valence-electron chi connectivity index (χ2n) is 3.61. The third kappa shape index (κ3) is 4.10. The Morgan fingerprint density at radius 1 is 1.39 bits per heavy atom. The average Bonchev–Trinajstić information content (AvgIpc) is 2.31. The standard InChI is InChI=1S/C11H11Cl2FO3S/c1-5(15)18-4-9(16)11(17)6-2-7(12)10(14)8(13)3-6/h2-3,9,11,16-17H,4H2,1H3. The number of halogens is 3. The Morgan fingerprint density at radius 2 is 1.89 bits per heavy atom. The Kier molecular flexibility index (Phi) is 5.88. The van der Waals surface area contributed by atoms with Crippen molar-refractivity contribution < 1.29 is 19.4 Å². The number of carbonyl (C=O) groups is 1. The van der Waals surface area contributed by atoms with Crippen LogP contribution in [0.4, 0.5) is 4.39 Å². The zero-order valence-corrected chi connectivity index (χ0v) is 11.7. The van der Waals surface area contributed by atoms with Crippen LogP contribution in [0.5, 0.6) is 0 Å². The number of aliphatic hydroxyl groups is 2. The van der Waals surface area contributed by atoms with Crippen LogP contribution in [-0.4, -0.2) is 27.2 Å². The molecule has 0 fully saturated rings. The molecule has 100 valence electrons. The van der Waals surface area contributed by atoms with Crippen LogP contribution in [0.15, 0.2) is 12.1 Å².